The van der Waals surface area contributed by atoms with Crippen LogP contribution in [0.25, 0.3) is 10.8 Å². The SMILES string of the molecule is Nc1cc2ccc(F)cc2c(N)n1. The number of nitrogens with two attached hydrogens (primary N) is 2. The molecule has 0 atom stereocenters. The third-order valence-electron chi connectivity index (χ3n) is 1.84. The molecular weight excluding hydrogens is 169 g/mol. The van der Waals surface area contributed by atoms with E-state index in [1.165, 1.54) is 12.1 Å². The molecule has 0 amide bonds. The fourth-order valence-corrected chi connectivity index (χ4v) is 1.27. The Kier molecular flexibility index (Phi) is 1.55. The van der Waals surface area contributed by atoms with E-state index in [0.717, 1.165) is 5.39 Å². The summed E-state index contributed by atoms with van der Waals surface area (Å²) < 4.78 is 12.8. The van der Waals surface area contributed by atoms with Crippen molar-refractivity contribution in [3.05, 3.63) is 30.1 Å². The maximum absolute atomic E-state index is 12.8. The number of anilines is 2. The van der Waals surface area contributed by atoms with Gasteiger partial charge < -0.3 is 11.5 Å². The summed E-state index contributed by atoms with van der Waals surface area (Å²) in [6, 6.07) is 5.99. The molecule has 0 saturated heterocycles. The molecule has 1 aromatic carbocycles. The molecule has 13 heavy (non-hydrogen) atoms. The Morgan fingerprint density at radius 1 is 1.15 bits per heavy atom. The molecule has 4 N–H and O–H groups in total. The Labute approximate surface area is 74.2 Å². The van der Waals surface area contributed by atoms with Gasteiger partial charge in [-0.15, -0.1) is 0 Å². The normalized spacial score (nSPS) is 10.5. The van der Waals surface area contributed by atoms with E-state index in [2.05, 4.69) is 4.98 Å². The molecule has 0 aliphatic rings. The quantitative estimate of drug-likeness (QED) is 0.641. The van der Waals surface area contributed by atoms with Crippen LogP contribution in [0.3, 0.4) is 0 Å². The second kappa shape index (κ2) is 2.58. The van der Waals surface area contributed by atoms with Crippen molar-refractivity contribution in [3.63, 3.8) is 0 Å². The first-order valence-corrected chi connectivity index (χ1v) is 3.78. The highest BCUT2D eigenvalue weighted by molar-refractivity contribution is 5.92. The number of halogens is 1. The van der Waals surface area contributed by atoms with Gasteiger partial charge in [0.15, 0.2) is 0 Å². The third kappa shape index (κ3) is 1.26. The number of aromatic nitrogens is 1. The number of hydrogen-bond acceptors (Lipinski definition) is 3. The van der Waals surface area contributed by atoms with Crippen LogP contribution in [-0.2, 0) is 0 Å². The van der Waals surface area contributed by atoms with Gasteiger partial charge in [0, 0.05) is 5.39 Å². The molecule has 0 fully saturated rings. The van der Waals surface area contributed by atoms with Crippen molar-refractivity contribution in [2.45, 2.75) is 0 Å². The van der Waals surface area contributed by atoms with Gasteiger partial charge in [-0.2, -0.15) is 0 Å². The van der Waals surface area contributed by atoms with Crippen LogP contribution in [0.1, 0.15) is 0 Å². The summed E-state index contributed by atoms with van der Waals surface area (Å²) in [5.74, 6) is 0.275. The van der Waals surface area contributed by atoms with Crippen LogP contribution >= 0.6 is 0 Å². The Bertz CT molecular complexity index is 468. The summed E-state index contributed by atoms with van der Waals surface area (Å²) in [5.41, 5.74) is 11.0. The van der Waals surface area contributed by atoms with Crippen LogP contribution in [0.5, 0.6) is 0 Å². The lowest BCUT2D eigenvalue weighted by Gasteiger charge is -2.02. The van der Waals surface area contributed by atoms with Crippen LogP contribution < -0.4 is 11.5 Å². The molecule has 0 radical (unpaired) electrons. The summed E-state index contributed by atoms with van der Waals surface area (Å²) in [7, 11) is 0. The van der Waals surface area contributed by atoms with E-state index in [1.807, 2.05) is 0 Å². The number of rotatable bonds is 0. The Hall–Kier alpha value is -1.84. The van der Waals surface area contributed by atoms with Crippen molar-refractivity contribution in [2.24, 2.45) is 0 Å². The van der Waals surface area contributed by atoms with Gasteiger partial charge >= 0.3 is 0 Å². The molecule has 2 rings (SSSR count). The highest BCUT2D eigenvalue weighted by atomic mass is 19.1. The van der Waals surface area contributed by atoms with Gasteiger partial charge in [0.05, 0.1) is 0 Å². The number of nitrogens with zero attached hydrogens (tertiary/aromatic N) is 1. The summed E-state index contributed by atoms with van der Waals surface area (Å²) in [5, 5.41) is 1.39. The van der Waals surface area contributed by atoms with Crippen molar-refractivity contribution < 1.29 is 4.39 Å². The van der Waals surface area contributed by atoms with Gasteiger partial charge in [-0.05, 0) is 23.6 Å². The van der Waals surface area contributed by atoms with Crippen LogP contribution in [0.4, 0.5) is 16.0 Å². The molecule has 0 spiro atoms. The fraction of sp³-hybridized carbons (Fsp3) is 0. The smallest absolute Gasteiger partial charge is 0.133 e. The molecular formula is C9H8FN3. The molecule has 1 aromatic heterocycles. The van der Waals surface area contributed by atoms with Crippen LogP contribution in [0.2, 0.25) is 0 Å². The number of pyridine rings is 1. The van der Waals surface area contributed by atoms with Crippen LogP contribution in [0, 0.1) is 5.82 Å². The summed E-state index contributed by atoms with van der Waals surface area (Å²) in [4.78, 5) is 3.83. The van der Waals surface area contributed by atoms with Gasteiger partial charge in [-0.1, -0.05) is 6.07 Å². The standard InChI is InChI=1S/C9H8FN3/c10-6-2-1-5-3-8(11)13-9(12)7(5)4-6/h1-4H,(H4,11,12,13). The minimum absolute atomic E-state index is 0.259. The predicted octanol–water partition coefficient (Wildman–Crippen LogP) is 1.54. The van der Waals surface area contributed by atoms with Gasteiger partial charge in [0.2, 0.25) is 0 Å². The Morgan fingerprint density at radius 3 is 2.69 bits per heavy atom. The number of nitrogen functional groups attached to an aromatic ring is 2. The second-order valence-electron chi connectivity index (χ2n) is 2.80. The lowest BCUT2D eigenvalue weighted by Crippen LogP contribution is -1.97. The highest BCUT2D eigenvalue weighted by Gasteiger charge is 2.01. The molecule has 4 heteroatoms. The van der Waals surface area contributed by atoms with E-state index in [-0.39, 0.29) is 11.6 Å². The predicted molar refractivity (Wildman–Crippen MR) is 50.5 cm³/mol. The molecule has 0 aliphatic heterocycles. The molecule has 0 saturated carbocycles. The molecule has 0 bridgehead atoms. The highest BCUT2D eigenvalue weighted by Crippen LogP contribution is 2.21. The van der Waals surface area contributed by atoms with E-state index < -0.39 is 0 Å². The average Bonchev–Trinajstić information content (AvgIpc) is 2.06. The minimum Gasteiger partial charge on any atom is -0.384 e. The largest absolute Gasteiger partial charge is 0.384 e. The lowest BCUT2D eigenvalue weighted by atomic mass is 10.1. The van der Waals surface area contributed by atoms with Crippen molar-refractivity contribution >= 4 is 22.4 Å². The molecule has 0 aliphatic carbocycles. The van der Waals surface area contributed by atoms with Crippen molar-refractivity contribution in [1.29, 1.82) is 0 Å². The molecule has 3 nitrogen and oxygen atoms in total. The zero-order valence-corrected chi connectivity index (χ0v) is 6.79. The van der Waals surface area contributed by atoms with Gasteiger partial charge in [-0.25, -0.2) is 9.37 Å². The topological polar surface area (TPSA) is 64.9 Å². The van der Waals surface area contributed by atoms with Gasteiger partial charge in [0.25, 0.3) is 0 Å². The molecule has 0 unspecified atom stereocenters. The van der Waals surface area contributed by atoms with Gasteiger partial charge in [-0.3, -0.25) is 0 Å². The minimum atomic E-state index is -0.328. The van der Waals surface area contributed by atoms with Gasteiger partial charge in [0.1, 0.15) is 17.5 Å². The maximum atomic E-state index is 12.8. The van der Waals surface area contributed by atoms with E-state index in [0.29, 0.717) is 11.2 Å². The second-order valence-corrected chi connectivity index (χ2v) is 2.80. The number of hydrogen-bond donors (Lipinski definition) is 2. The summed E-state index contributed by atoms with van der Waals surface area (Å²) in [6.07, 6.45) is 0. The van der Waals surface area contributed by atoms with E-state index in [4.69, 9.17) is 11.5 Å². The van der Waals surface area contributed by atoms with E-state index in [9.17, 15) is 4.39 Å². The zero-order valence-electron chi connectivity index (χ0n) is 6.79. The molecule has 1 heterocycles. The van der Waals surface area contributed by atoms with Crippen molar-refractivity contribution in [3.8, 4) is 0 Å². The first kappa shape index (κ1) is 7.79. The Morgan fingerprint density at radius 2 is 1.92 bits per heavy atom. The number of benzene rings is 1. The lowest BCUT2D eigenvalue weighted by molar-refractivity contribution is 0.630. The van der Waals surface area contributed by atoms with Crippen molar-refractivity contribution in [2.75, 3.05) is 11.5 Å². The molecule has 66 valence electrons. The third-order valence-corrected chi connectivity index (χ3v) is 1.84. The van der Waals surface area contributed by atoms with Crippen LogP contribution in [0.15, 0.2) is 24.3 Å². The number of fused-ring (bicyclic) bond motifs is 1. The van der Waals surface area contributed by atoms with Crippen molar-refractivity contribution in [1.82, 2.24) is 4.98 Å². The summed E-state index contributed by atoms with van der Waals surface area (Å²) in [6.45, 7) is 0. The zero-order chi connectivity index (χ0) is 9.42. The van der Waals surface area contributed by atoms with Crippen LogP contribution in [-0.4, -0.2) is 4.98 Å². The average molecular weight is 177 g/mol. The fourth-order valence-electron chi connectivity index (χ4n) is 1.27. The monoisotopic (exact) mass is 177 g/mol. The van der Waals surface area contributed by atoms with E-state index >= 15 is 0 Å². The summed E-state index contributed by atoms with van der Waals surface area (Å²) >= 11 is 0. The Balaban J connectivity index is 2.87. The first-order valence-electron chi connectivity index (χ1n) is 3.78. The maximum Gasteiger partial charge on any atom is 0.133 e. The molecule has 2 aromatic rings. The van der Waals surface area contributed by atoms with E-state index in [1.54, 1.807) is 12.1 Å². The first-order chi connectivity index (χ1) is 6.16.